The van der Waals surface area contributed by atoms with Crippen LogP contribution in [0.3, 0.4) is 0 Å². The number of alkyl halides is 2. The molecule has 3 aliphatic rings. The van der Waals surface area contributed by atoms with Crippen molar-refractivity contribution in [1.82, 2.24) is 4.90 Å². The third-order valence-electron chi connectivity index (χ3n) is 5.66. The lowest BCUT2D eigenvalue weighted by atomic mass is 9.91. The zero-order valence-corrected chi connectivity index (χ0v) is 17.6. The lowest BCUT2D eigenvalue weighted by Crippen LogP contribution is -2.41. The van der Waals surface area contributed by atoms with E-state index in [0.717, 1.165) is 24.6 Å². The van der Waals surface area contributed by atoms with E-state index in [0.29, 0.717) is 16.2 Å². The smallest absolute Gasteiger partial charge is 0.293 e. The highest BCUT2D eigenvalue weighted by atomic mass is 32.2. The van der Waals surface area contributed by atoms with Gasteiger partial charge < -0.3 is 5.32 Å². The average Bonchev–Trinajstić information content (AvgIpc) is 3.37. The minimum Gasteiger partial charge on any atom is -0.378 e. The Kier molecular flexibility index (Phi) is 5.18. The third-order valence-corrected chi connectivity index (χ3v) is 7.65. The number of carbonyl (C=O) groups excluding carboxylic acids is 2. The van der Waals surface area contributed by atoms with Gasteiger partial charge in [-0.3, -0.25) is 14.5 Å². The number of carbonyl (C=O) groups is 2. The predicted molar refractivity (Wildman–Crippen MR) is 109 cm³/mol. The summed E-state index contributed by atoms with van der Waals surface area (Å²) in [6, 6.07) is 5.93. The summed E-state index contributed by atoms with van der Waals surface area (Å²) in [7, 11) is -3.79. The molecule has 1 heterocycles. The van der Waals surface area contributed by atoms with Gasteiger partial charge in [-0.1, -0.05) is 5.57 Å². The maximum Gasteiger partial charge on any atom is 0.293 e. The molecule has 2 saturated carbocycles. The zero-order valence-electron chi connectivity index (χ0n) is 16.0. The number of amides is 2. The fourth-order valence-corrected chi connectivity index (χ4v) is 5.20. The molecule has 2 amide bonds. The number of allylic oxidation sites excluding steroid dienone is 1. The van der Waals surface area contributed by atoms with Crippen molar-refractivity contribution < 1.29 is 26.8 Å². The van der Waals surface area contributed by atoms with Crippen molar-refractivity contribution in [3.05, 3.63) is 34.7 Å². The van der Waals surface area contributed by atoms with Crippen molar-refractivity contribution in [3.63, 3.8) is 0 Å². The number of rotatable bonds is 5. The molecular formula is C19H21F2N3O4S2. The Morgan fingerprint density at radius 2 is 1.67 bits per heavy atom. The molecule has 0 atom stereocenters. The first kappa shape index (κ1) is 21.3. The summed E-state index contributed by atoms with van der Waals surface area (Å²) in [4.78, 5) is 26.7. The Labute approximate surface area is 177 Å². The normalized spacial score (nSPS) is 23.1. The van der Waals surface area contributed by atoms with Crippen molar-refractivity contribution in [2.24, 2.45) is 5.14 Å². The minimum absolute atomic E-state index is 0.00600. The molecule has 3 N–H and O–H groups in total. The molecule has 1 aliphatic heterocycles. The summed E-state index contributed by atoms with van der Waals surface area (Å²) in [6.07, 6.45) is 1.14. The fourth-order valence-electron chi connectivity index (χ4n) is 3.71. The second kappa shape index (κ2) is 7.31. The summed E-state index contributed by atoms with van der Waals surface area (Å²) in [5, 5.41) is 7.98. The van der Waals surface area contributed by atoms with Gasteiger partial charge in [-0.25, -0.2) is 22.3 Å². The summed E-state index contributed by atoms with van der Waals surface area (Å²) in [5.74, 6) is -3.12. The highest BCUT2D eigenvalue weighted by Crippen LogP contribution is 2.45. The average molecular weight is 458 g/mol. The van der Waals surface area contributed by atoms with Crippen LogP contribution in [0.4, 0.5) is 19.3 Å². The van der Waals surface area contributed by atoms with E-state index in [2.05, 4.69) is 5.32 Å². The first-order chi connectivity index (χ1) is 14.0. The molecule has 30 heavy (non-hydrogen) atoms. The first-order valence-electron chi connectivity index (χ1n) is 9.53. The van der Waals surface area contributed by atoms with Crippen LogP contribution < -0.4 is 10.5 Å². The Morgan fingerprint density at radius 3 is 2.20 bits per heavy atom. The molecule has 162 valence electrons. The van der Waals surface area contributed by atoms with Crippen LogP contribution in [0.25, 0.3) is 0 Å². The number of nitrogens with zero attached hydrogens (tertiary/aromatic N) is 1. The van der Waals surface area contributed by atoms with Gasteiger partial charge in [0, 0.05) is 18.5 Å². The molecule has 11 heteroatoms. The summed E-state index contributed by atoms with van der Waals surface area (Å²) in [6.45, 7) is 0.168. The van der Waals surface area contributed by atoms with E-state index in [-0.39, 0.29) is 37.1 Å². The van der Waals surface area contributed by atoms with Crippen molar-refractivity contribution in [2.45, 2.75) is 54.9 Å². The van der Waals surface area contributed by atoms with E-state index in [9.17, 15) is 26.8 Å². The molecule has 2 aliphatic carbocycles. The number of thioether (sulfide) groups is 1. The van der Waals surface area contributed by atoms with E-state index in [1.165, 1.54) is 17.0 Å². The Morgan fingerprint density at radius 1 is 1.07 bits per heavy atom. The van der Waals surface area contributed by atoms with Crippen LogP contribution in [-0.4, -0.2) is 42.5 Å². The summed E-state index contributed by atoms with van der Waals surface area (Å²) in [5.41, 5.74) is 0.817. The predicted octanol–water partition coefficient (Wildman–Crippen LogP) is 3.44. The Hall–Kier alpha value is -1.98. The molecule has 0 bridgehead atoms. The topological polar surface area (TPSA) is 110 Å². The molecule has 0 radical (unpaired) electrons. The number of sulfonamides is 1. The monoisotopic (exact) mass is 457 g/mol. The number of nitrogens with two attached hydrogens (primary N) is 1. The van der Waals surface area contributed by atoms with Gasteiger partial charge in [-0.2, -0.15) is 0 Å². The molecule has 4 rings (SSSR count). The number of anilines is 1. The van der Waals surface area contributed by atoms with Crippen molar-refractivity contribution in [1.29, 1.82) is 0 Å². The fraction of sp³-hybridized carbons (Fsp3) is 0.474. The number of hydrogen-bond donors (Lipinski definition) is 2. The lowest BCUT2D eigenvalue weighted by Gasteiger charge is -2.25. The standard InChI is InChI=1S/C19H21F2N3O4S2/c20-19(21)7-5-12(6-8-19)15-16(25)24(17(26)29-15)11-18(9-10-18)23-13-1-3-14(4-2-13)30(22,27)28/h1-4,23H,5-11H2,(H2,22,27,28). The van der Waals surface area contributed by atoms with E-state index in [1.54, 1.807) is 12.1 Å². The van der Waals surface area contributed by atoms with Crippen LogP contribution in [0.2, 0.25) is 0 Å². The minimum atomic E-state index is -3.79. The summed E-state index contributed by atoms with van der Waals surface area (Å²) < 4.78 is 49.5. The lowest BCUT2D eigenvalue weighted by molar-refractivity contribution is -0.123. The van der Waals surface area contributed by atoms with Gasteiger partial charge in [0.2, 0.25) is 15.9 Å². The second-order valence-electron chi connectivity index (χ2n) is 8.02. The highest BCUT2D eigenvalue weighted by Gasteiger charge is 2.49. The molecule has 1 aromatic rings. The van der Waals surface area contributed by atoms with Gasteiger partial charge in [-0.05, 0) is 61.7 Å². The number of benzene rings is 1. The third kappa shape index (κ3) is 4.37. The van der Waals surface area contributed by atoms with Crippen molar-refractivity contribution in [3.8, 4) is 0 Å². The van der Waals surface area contributed by atoms with Crippen molar-refractivity contribution in [2.75, 3.05) is 11.9 Å². The SMILES string of the molecule is NS(=O)(=O)c1ccc(NC2(CN3C(=O)SC(=C4CCC(F)(F)CC4)C3=O)CC2)cc1. The van der Waals surface area contributed by atoms with E-state index < -0.39 is 32.6 Å². The summed E-state index contributed by atoms with van der Waals surface area (Å²) >= 11 is 0.832. The second-order valence-corrected chi connectivity index (χ2v) is 10.5. The van der Waals surface area contributed by atoms with Gasteiger partial charge in [0.05, 0.1) is 21.9 Å². The number of hydrogen-bond acceptors (Lipinski definition) is 6. The number of halogens is 2. The zero-order chi connectivity index (χ0) is 21.7. The van der Waals surface area contributed by atoms with Crippen LogP contribution >= 0.6 is 11.8 Å². The van der Waals surface area contributed by atoms with E-state index in [4.69, 9.17) is 5.14 Å². The molecular weight excluding hydrogens is 436 g/mol. The maximum absolute atomic E-state index is 13.4. The van der Waals surface area contributed by atoms with Gasteiger partial charge in [0.1, 0.15) is 0 Å². The van der Waals surface area contributed by atoms with Crippen LogP contribution in [0.15, 0.2) is 39.6 Å². The number of nitrogens with one attached hydrogen (secondary N) is 1. The van der Waals surface area contributed by atoms with Crippen LogP contribution in [0, 0.1) is 0 Å². The molecule has 0 unspecified atom stereocenters. The maximum atomic E-state index is 13.4. The molecule has 7 nitrogen and oxygen atoms in total. The molecule has 1 saturated heterocycles. The van der Waals surface area contributed by atoms with Gasteiger partial charge in [0.15, 0.2) is 0 Å². The Balaban J connectivity index is 1.45. The van der Waals surface area contributed by atoms with Crippen LogP contribution in [0.5, 0.6) is 0 Å². The van der Waals surface area contributed by atoms with Gasteiger partial charge >= 0.3 is 0 Å². The number of primary sulfonamides is 1. The largest absolute Gasteiger partial charge is 0.378 e. The Bertz CT molecular complexity index is 1020. The number of imide groups is 1. The molecule has 0 spiro atoms. The van der Waals surface area contributed by atoms with Gasteiger partial charge in [-0.15, -0.1) is 0 Å². The molecule has 0 aromatic heterocycles. The van der Waals surface area contributed by atoms with E-state index in [1.807, 2.05) is 0 Å². The highest BCUT2D eigenvalue weighted by molar-refractivity contribution is 8.18. The quantitative estimate of drug-likeness (QED) is 0.656. The van der Waals surface area contributed by atoms with Crippen LogP contribution in [0.1, 0.15) is 38.5 Å². The first-order valence-corrected chi connectivity index (χ1v) is 11.9. The molecule has 1 aromatic carbocycles. The van der Waals surface area contributed by atoms with Crippen molar-refractivity contribution >= 4 is 38.6 Å². The van der Waals surface area contributed by atoms with E-state index >= 15 is 0 Å². The van der Waals surface area contributed by atoms with Crippen LogP contribution in [-0.2, 0) is 14.8 Å². The van der Waals surface area contributed by atoms with Gasteiger partial charge in [0.25, 0.3) is 11.1 Å². The molecule has 3 fully saturated rings.